The third-order valence-corrected chi connectivity index (χ3v) is 2.65. The number of hydrogen-bond acceptors (Lipinski definition) is 6. The van der Waals surface area contributed by atoms with Gasteiger partial charge in [0.15, 0.2) is 34.5 Å². The Hall–Kier alpha value is -3.02. The summed E-state index contributed by atoms with van der Waals surface area (Å²) in [6, 6.07) is 4.91. The summed E-state index contributed by atoms with van der Waals surface area (Å²) >= 11 is 0. The van der Waals surface area contributed by atoms with E-state index in [1.165, 1.54) is 36.4 Å². The van der Waals surface area contributed by atoms with Gasteiger partial charge in [-0.15, -0.1) is 0 Å². The van der Waals surface area contributed by atoms with E-state index in [0.29, 0.717) is 11.1 Å². The van der Waals surface area contributed by atoms with Crippen LogP contribution in [0.4, 0.5) is 0 Å². The smallest absolute Gasteiger partial charge is 0.200 e. The number of benzene rings is 2. The van der Waals surface area contributed by atoms with E-state index in [2.05, 4.69) is 0 Å². The molecule has 6 heteroatoms. The van der Waals surface area contributed by atoms with Crippen LogP contribution in [-0.4, -0.2) is 30.6 Å². The first-order valence-electron chi connectivity index (χ1n) is 5.56. The van der Waals surface area contributed by atoms with Gasteiger partial charge in [-0.3, -0.25) is 0 Å². The van der Waals surface area contributed by atoms with E-state index < -0.39 is 34.5 Å². The van der Waals surface area contributed by atoms with Gasteiger partial charge in [0.2, 0.25) is 0 Å². The van der Waals surface area contributed by atoms with Gasteiger partial charge >= 0.3 is 0 Å². The molecule has 0 aliphatic rings. The van der Waals surface area contributed by atoms with Crippen LogP contribution in [0.1, 0.15) is 11.1 Å². The molecule has 2 aromatic rings. The van der Waals surface area contributed by atoms with Crippen LogP contribution in [0.15, 0.2) is 24.3 Å². The highest BCUT2D eigenvalue weighted by atomic mass is 16.3. The van der Waals surface area contributed by atoms with Crippen LogP contribution in [0.3, 0.4) is 0 Å². The van der Waals surface area contributed by atoms with Crippen LogP contribution < -0.4 is 0 Å². The lowest BCUT2D eigenvalue weighted by atomic mass is 10.1. The van der Waals surface area contributed by atoms with E-state index in [0.717, 1.165) is 0 Å². The fourth-order valence-corrected chi connectivity index (χ4v) is 1.64. The number of aromatic hydroxyl groups is 6. The second kappa shape index (κ2) is 4.93. The largest absolute Gasteiger partial charge is 0.504 e. The van der Waals surface area contributed by atoms with Gasteiger partial charge in [-0.2, -0.15) is 0 Å². The molecule has 2 rings (SSSR count). The quantitative estimate of drug-likeness (QED) is 0.369. The summed E-state index contributed by atoms with van der Waals surface area (Å²) in [5, 5.41) is 55.8. The molecule has 104 valence electrons. The maximum atomic E-state index is 9.35. The molecule has 0 aliphatic carbocycles. The number of phenols is 6. The summed E-state index contributed by atoms with van der Waals surface area (Å²) < 4.78 is 0. The zero-order valence-corrected chi connectivity index (χ0v) is 10.1. The van der Waals surface area contributed by atoms with Crippen molar-refractivity contribution in [3.8, 4) is 34.5 Å². The molecular weight excluding hydrogens is 264 g/mol. The Balaban J connectivity index is 2.35. The van der Waals surface area contributed by atoms with Crippen molar-refractivity contribution >= 4 is 12.2 Å². The zero-order valence-electron chi connectivity index (χ0n) is 10.1. The molecule has 6 nitrogen and oxygen atoms in total. The average Bonchev–Trinajstić information content (AvgIpc) is 2.39. The Morgan fingerprint density at radius 3 is 1.00 bits per heavy atom. The van der Waals surface area contributed by atoms with E-state index >= 15 is 0 Å². The maximum absolute atomic E-state index is 9.35. The summed E-state index contributed by atoms with van der Waals surface area (Å²) in [7, 11) is 0. The van der Waals surface area contributed by atoms with Crippen LogP contribution in [-0.2, 0) is 0 Å². The molecule has 0 bridgehead atoms. The minimum absolute atomic E-state index is 0.393. The molecule has 2 aromatic carbocycles. The summed E-state index contributed by atoms with van der Waals surface area (Å²) in [4.78, 5) is 0. The first kappa shape index (κ1) is 13.4. The Labute approximate surface area is 113 Å². The van der Waals surface area contributed by atoms with E-state index in [9.17, 15) is 30.6 Å². The molecule has 0 fully saturated rings. The standard InChI is InChI=1S/C14H12O6/c15-9-3-7(4-10(16)13(9)19)1-2-8-5-11(17)14(20)12(18)6-8/h1-6,15-20H/b2-1+. The first-order chi connectivity index (χ1) is 9.38. The molecule has 6 N–H and O–H groups in total. The number of hydrogen-bond donors (Lipinski definition) is 6. The highest BCUT2D eigenvalue weighted by molar-refractivity contribution is 5.74. The monoisotopic (exact) mass is 276 g/mol. The minimum Gasteiger partial charge on any atom is -0.504 e. The Morgan fingerprint density at radius 2 is 0.750 bits per heavy atom. The van der Waals surface area contributed by atoms with Crippen molar-refractivity contribution < 1.29 is 30.6 Å². The van der Waals surface area contributed by atoms with Gasteiger partial charge in [-0.1, -0.05) is 12.2 Å². The van der Waals surface area contributed by atoms with E-state index in [-0.39, 0.29) is 0 Å². The molecule has 0 unspecified atom stereocenters. The van der Waals surface area contributed by atoms with Crippen molar-refractivity contribution in [2.45, 2.75) is 0 Å². The van der Waals surface area contributed by atoms with Crippen molar-refractivity contribution in [2.75, 3.05) is 0 Å². The van der Waals surface area contributed by atoms with Crippen LogP contribution >= 0.6 is 0 Å². The highest BCUT2D eigenvalue weighted by Gasteiger charge is 2.08. The molecule has 0 radical (unpaired) electrons. The van der Waals surface area contributed by atoms with Gasteiger partial charge in [-0.05, 0) is 35.4 Å². The lowest BCUT2D eigenvalue weighted by Gasteiger charge is -2.04. The third kappa shape index (κ3) is 2.54. The topological polar surface area (TPSA) is 121 Å². The van der Waals surface area contributed by atoms with Crippen LogP contribution in [0.5, 0.6) is 34.5 Å². The average molecular weight is 276 g/mol. The van der Waals surface area contributed by atoms with Crippen LogP contribution in [0.25, 0.3) is 12.2 Å². The van der Waals surface area contributed by atoms with Gasteiger partial charge in [0.05, 0.1) is 0 Å². The summed E-state index contributed by atoms with van der Waals surface area (Å²) in [6.45, 7) is 0. The molecule has 0 atom stereocenters. The first-order valence-corrected chi connectivity index (χ1v) is 5.56. The fourth-order valence-electron chi connectivity index (χ4n) is 1.64. The van der Waals surface area contributed by atoms with E-state index in [4.69, 9.17) is 0 Å². The van der Waals surface area contributed by atoms with Gasteiger partial charge in [0, 0.05) is 0 Å². The van der Waals surface area contributed by atoms with Gasteiger partial charge < -0.3 is 30.6 Å². The molecule has 0 amide bonds. The van der Waals surface area contributed by atoms with Crippen molar-refractivity contribution in [3.05, 3.63) is 35.4 Å². The van der Waals surface area contributed by atoms with Gasteiger partial charge in [-0.25, -0.2) is 0 Å². The van der Waals surface area contributed by atoms with Gasteiger partial charge in [0.1, 0.15) is 0 Å². The minimum atomic E-state index is -0.609. The second-order valence-corrected chi connectivity index (χ2v) is 4.15. The maximum Gasteiger partial charge on any atom is 0.200 e. The zero-order chi connectivity index (χ0) is 14.9. The molecule has 0 aromatic heterocycles. The molecule has 0 heterocycles. The summed E-state index contributed by atoms with van der Waals surface area (Å²) in [6.07, 6.45) is 2.95. The Bertz CT molecular complexity index is 585. The van der Waals surface area contributed by atoms with Crippen molar-refractivity contribution in [1.29, 1.82) is 0 Å². The van der Waals surface area contributed by atoms with E-state index in [1.807, 2.05) is 0 Å². The molecule has 0 spiro atoms. The van der Waals surface area contributed by atoms with Crippen molar-refractivity contribution in [1.82, 2.24) is 0 Å². The Kier molecular flexibility index (Phi) is 3.30. The fraction of sp³-hybridized carbons (Fsp3) is 0. The molecular formula is C14H12O6. The van der Waals surface area contributed by atoms with Crippen molar-refractivity contribution in [2.24, 2.45) is 0 Å². The molecule has 20 heavy (non-hydrogen) atoms. The lowest BCUT2D eigenvalue weighted by Crippen LogP contribution is -1.78. The number of rotatable bonds is 2. The Morgan fingerprint density at radius 1 is 0.500 bits per heavy atom. The van der Waals surface area contributed by atoms with Crippen molar-refractivity contribution in [3.63, 3.8) is 0 Å². The summed E-state index contributed by atoms with van der Waals surface area (Å²) in [5.74, 6) is -3.10. The lowest BCUT2D eigenvalue weighted by molar-refractivity contribution is 0.367. The van der Waals surface area contributed by atoms with E-state index in [1.54, 1.807) is 0 Å². The molecule has 0 saturated carbocycles. The second-order valence-electron chi connectivity index (χ2n) is 4.15. The summed E-state index contributed by atoms with van der Waals surface area (Å²) in [5.41, 5.74) is 0.787. The van der Waals surface area contributed by atoms with Crippen LogP contribution in [0, 0.1) is 0 Å². The highest BCUT2D eigenvalue weighted by Crippen LogP contribution is 2.37. The molecule has 0 saturated heterocycles. The van der Waals surface area contributed by atoms with Gasteiger partial charge in [0.25, 0.3) is 0 Å². The third-order valence-electron chi connectivity index (χ3n) is 2.65. The normalized spacial score (nSPS) is 11.0. The number of phenolic OH excluding ortho intramolecular Hbond substituents is 6. The predicted octanol–water partition coefficient (Wildman–Crippen LogP) is 2.09. The SMILES string of the molecule is Oc1cc(/C=C/c2cc(O)c(O)c(O)c2)cc(O)c1O. The molecule has 0 aliphatic heterocycles. The van der Waals surface area contributed by atoms with Crippen LogP contribution in [0.2, 0.25) is 0 Å². The predicted molar refractivity (Wildman–Crippen MR) is 71.8 cm³/mol.